The van der Waals surface area contributed by atoms with E-state index in [9.17, 15) is 17.6 Å². The molecule has 3 aromatic rings. The molecule has 30 heavy (non-hydrogen) atoms. The lowest BCUT2D eigenvalue weighted by molar-refractivity contribution is 0.102. The summed E-state index contributed by atoms with van der Waals surface area (Å²) in [5, 5.41) is 3.47. The van der Waals surface area contributed by atoms with E-state index in [1.165, 1.54) is 24.3 Å². The number of hydrogen-bond acceptors (Lipinski definition) is 3. The molecule has 0 bridgehead atoms. The molecule has 156 valence electrons. The van der Waals surface area contributed by atoms with E-state index in [4.69, 9.17) is 34.8 Å². The molecule has 0 spiro atoms. The Bertz CT molecular complexity index is 1220. The van der Waals surface area contributed by atoms with Crippen LogP contribution in [0.2, 0.25) is 15.1 Å². The van der Waals surface area contributed by atoms with Crippen molar-refractivity contribution >= 4 is 56.4 Å². The van der Waals surface area contributed by atoms with Gasteiger partial charge in [-0.05, 0) is 48.0 Å². The lowest BCUT2D eigenvalue weighted by Crippen LogP contribution is -2.25. The van der Waals surface area contributed by atoms with Gasteiger partial charge in [0.2, 0.25) is 10.0 Å². The minimum absolute atomic E-state index is 0.0550. The van der Waals surface area contributed by atoms with Gasteiger partial charge in [-0.1, -0.05) is 53.0 Å². The Morgan fingerprint density at radius 3 is 2.33 bits per heavy atom. The average Bonchev–Trinajstić information content (AvgIpc) is 2.70. The monoisotopic (exact) mass is 486 g/mol. The van der Waals surface area contributed by atoms with Crippen LogP contribution in [0.15, 0.2) is 65.6 Å². The number of nitrogens with one attached hydrogen (secondary N) is 2. The lowest BCUT2D eigenvalue weighted by Gasteiger charge is -2.11. The third-order valence-corrected chi connectivity index (χ3v) is 6.59. The summed E-state index contributed by atoms with van der Waals surface area (Å²) in [6.45, 7) is -0.138. The van der Waals surface area contributed by atoms with Gasteiger partial charge in [-0.3, -0.25) is 4.79 Å². The third-order valence-electron chi connectivity index (χ3n) is 4.07. The van der Waals surface area contributed by atoms with Gasteiger partial charge < -0.3 is 5.32 Å². The predicted octanol–water partition coefficient (Wildman–Crippen LogP) is 5.52. The molecule has 0 heterocycles. The van der Waals surface area contributed by atoms with Crippen LogP contribution >= 0.6 is 34.8 Å². The van der Waals surface area contributed by atoms with Gasteiger partial charge in [0.25, 0.3) is 5.91 Å². The van der Waals surface area contributed by atoms with Crippen molar-refractivity contribution in [2.24, 2.45) is 0 Å². The molecule has 0 aliphatic rings. The molecule has 0 atom stereocenters. The quantitative estimate of drug-likeness (QED) is 0.481. The number of halogens is 4. The molecule has 0 radical (unpaired) electrons. The summed E-state index contributed by atoms with van der Waals surface area (Å²) in [7, 11) is -4.25. The Hall–Kier alpha value is -2.16. The van der Waals surface area contributed by atoms with E-state index in [-0.39, 0.29) is 17.1 Å². The van der Waals surface area contributed by atoms with Crippen molar-refractivity contribution < 1.29 is 17.6 Å². The third kappa shape index (κ3) is 5.30. The second-order valence-electron chi connectivity index (χ2n) is 6.14. The highest BCUT2D eigenvalue weighted by atomic mass is 35.5. The van der Waals surface area contributed by atoms with Gasteiger partial charge in [0.05, 0.1) is 10.0 Å². The molecule has 3 aromatic carbocycles. The predicted molar refractivity (Wildman–Crippen MR) is 116 cm³/mol. The molecule has 0 aliphatic heterocycles. The van der Waals surface area contributed by atoms with E-state index in [0.717, 1.165) is 12.1 Å². The Kier molecular flexibility index (Phi) is 7.00. The second-order valence-corrected chi connectivity index (χ2v) is 9.10. The number of anilines is 1. The van der Waals surface area contributed by atoms with Crippen LogP contribution in [0, 0.1) is 5.82 Å². The van der Waals surface area contributed by atoms with Gasteiger partial charge in [0.15, 0.2) is 0 Å². The number of benzene rings is 3. The van der Waals surface area contributed by atoms with Gasteiger partial charge in [0.1, 0.15) is 10.7 Å². The molecule has 0 aliphatic carbocycles. The van der Waals surface area contributed by atoms with E-state index < -0.39 is 26.6 Å². The number of carbonyl (C=O) groups is 1. The van der Waals surface area contributed by atoms with Crippen LogP contribution in [0.4, 0.5) is 10.1 Å². The van der Waals surface area contributed by atoms with E-state index >= 15 is 0 Å². The van der Waals surface area contributed by atoms with Crippen LogP contribution in [-0.4, -0.2) is 14.3 Å². The lowest BCUT2D eigenvalue weighted by atomic mass is 10.2. The van der Waals surface area contributed by atoms with Crippen molar-refractivity contribution in [3.05, 3.63) is 92.7 Å². The Labute approximate surface area is 187 Å². The fourth-order valence-corrected chi connectivity index (χ4v) is 4.13. The Balaban J connectivity index is 1.82. The van der Waals surface area contributed by atoms with Gasteiger partial charge >= 0.3 is 0 Å². The molecule has 10 heteroatoms. The van der Waals surface area contributed by atoms with Crippen LogP contribution in [0.25, 0.3) is 0 Å². The summed E-state index contributed by atoms with van der Waals surface area (Å²) < 4.78 is 41.7. The maximum absolute atomic E-state index is 14.2. The van der Waals surface area contributed by atoms with Crippen molar-refractivity contribution in [1.29, 1.82) is 0 Å². The van der Waals surface area contributed by atoms with Crippen molar-refractivity contribution in [2.75, 3.05) is 5.32 Å². The highest BCUT2D eigenvalue weighted by molar-refractivity contribution is 7.89. The van der Waals surface area contributed by atoms with Crippen molar-refractivity contribution in [1.82, 2.24) is 4.72 Å². The Morgan fingerprint density at radius 2 is 1.63 bits per heavy atom. The molecule has 1 amide bonds. The van der Waals surface area contributed by atoms with Crippen LogP contribution in [0.3, 0.4) is 0 Å². The molecule has 0 fully saturated rings. The number of rotatable bonds is 6. The van der Waals surface area contributed by atoms with Crippen LogP contribution < -0.4 is 10.0 Å². The first-order valence-corrected chi connectivity index (χ1v) is 11.1. The van der Waals surface area contributed by atoms with Crippen LogP contribution in [0.1, 0.15) is 15.9 Å². The van der Waals surface area contributed by atoms with E-state index in [1.54, 1.807) is 24.3 Å². The van der Waals surface area contributed by atoms with Gasteiger partial charge in [0, 0.05) is 22.8 Å². The minimum Gasteiger partial charge on any atom is -0.322 e. The summed E-state index contributed by atoms with van der Waals surface area (Å²) >= 11 is 17.8. The fourth-order valence-electron chi connectivity index (χ4n) is 2.52. The average molecular weight is 488 g/mol. The van der Waals surface area contributed by atoms with E-state index in [1.807, 2.05) is 0 Å². The van der Waals surface area contributed by atoms with Crippen LogP contribution in [0.5, 0.6) is 0 Å². The van der Waals surface area contributed by atoms with Crippen molar-refractivity contribution in [2.45, 2.75) is 11.4 Å². The SMILES string of the molecule is O=C(Nc1ccc(Cl)c(Cl)c1)c1ccc(F)c(S(=O)(=O)NCc2ccccc2Cl)c1. The number of carbonyl (C=O) groups excluding carboxylic acids is 1. The minimum atomic E-state index is -4.25. The van der Waals surface area contributed by atoms with Crippen LogP contribution in [-0.2, 0) is 16.6 Å². The number of hydrogen-bond donors (Lipinski definition) is 2. The molecule has 0 saturated carbocycles. The standard InChI is InChI=1S/C20H14Cl3FN2O3S/c21-15-4-2-1-3-13(15)11-25-30(28,29)19-9-12(5-8-18(19)24)20(27)26-14-6-7-16(22)17(23)10-14/h1-10,25H,11H2,(H,26,27). The molecular formula is C20H14Cl3FN2O3S. The first-order valence-electron chi connectivity index (χ1n) is 8.46. The largest absolute Gasteiger partial charge is 0.322 e. The molecular weight excluding hydrogens is 474 g/mol. The normalized spacial score (nSPS) is 11.3. The first-order chi connectivity index (χ1) is 14.2. The van der Waals surface area contributed by atoms with E-state index in [0.29, 0.717) is 21.3 Å². The van der Waals surface area contributed by atoms with E-state index in [2.05, 4.69) is 10.0 Å². The Morgan fingerprint density at radius 1 is 0.900 bits per heavy atom. The molecule has 0 saturated heterocycles. The highest BCUT2D eigenvalue weighted by Gasteiger charge is 2.21. The zero-order valence-electron chi connectivity index (χ0n) is 15.1. The molecule has 0 unspecified atom stereocenters. The highest BCUT2D eigenvalue weighted by Crippen LogP contribution is 2.26. The number of sulfonamides is 1. The molecule has 3 rings (SSSR count). The smallest absolute Gasteiger partial charge is 0.255 e. The van der Waals surface area contributed by atoms with Gasteiger partial charge in [-0.15, -0.1) is 0 Å². The van der Waals surface area contributed by atoms with Crippen molar-refractivity contribution in [3.63, 3.8) is 0 Å². The number of amides is 1. The maximum Gasteiger partial charge on any atom is 0.255 e. The summed E-state index contributed by atoms with van der Waals surface area (Å²) in [5.74, 6) is -1.64. The summed E-state index contributed by atoms with van der Waals surface area (Å²) in [6.07, 6.45) is 0. The van der Waals surface area contributed by atoms with Crippen molar-refractivity contribution in [3.8, 4) is 0 Å². The molecule has 0 aromatic heterocycles. The summed E-state index contributed by atoms with van der Waals surface area (Å²) in [5.41, 5.74) is 0.817. The van der Waals surface area contributed by atoms with Gasteiger partial charge in [-0.2, -0.15) is 0 Å². The zero-order chi connectivity index (χ0) is 21.9. The fraction of sp³-hybridized carbons (Fsp3) is 0.0500. The maximum atomic E-state index is 14.2. The second kappa shape index (κ2) is 9.32. The topological polar surface area (TPSA) is 75.3 Å². The molecule has 2 N–H and O–H groups in total. The van der Waals surface area contributed by atoms with Gasteiger partial charge in [-0.25, -0.2) is 17.5 Å². The molecule has 5 nitrogen and oxygen atoms in total. The zero-order valence-corrected chi connectivity index (χ0v) is 18.2. The summed E-state index contributed by atoms with van der Waals surface area (Å²) in [6, 6.07) is 14.2. The first kappa shape index (κ1) is 22.5. The summed E-state index contributed by atoms with van der Waals surface area (Å²) in [4.78, 5) is 11.8.